The summed E-state index contributed by atoms with van der Waals surface area (Å²) in [4.78, 5) is 30.8. The van der Waals surface area contributed by atoms with Crippen molar-refractivity contribution in [2.24, 2.45) is 0 Å². The van der Waals surface area contributed by atoms with Gasteiger partial charge in [-0.15, -0.1) is 0 Å². The van der Waals surface area contributed by atoms with Crippen LogP contribution in [0.3, 0.4) is 0 Å². The number of amides is 2. The average molecular weight is 463 g/mol. The summed E-state index contributed by atoms with van der Waals surface area (Å²) in [6.07, 6.45) is 2.40. The van der Waals surface area contributed by atoms with E-state index < -0.39 is 5.91 Å². The predicted molar refractivity (Wildman–Crippen MR) is 138 cm³/mol. The Morgan fingerprint density at radius 1 is 0.829 bits per heavy atom. The maximum Gasteiger partial charge on any atom is 0.282 e. The van der Waals surface area contributed by atoms with E-state index in [1.807, 2.05) is 56.3 Å². The third-order valence-corrected chi connectivity index (χ3v) is 6.60. The Balaban J connectivity index is 1.54. The van der Waals surface area contributed by atoms with E-state index in [-0.39, 0.29) is 11.6 Å². The zero-order valence-corrected chi connectivity index (χ0v) is 19.8. The van der Waals surface area contributed by atoms with Crippen molar-refractivity contribution in [2.75, 3.05) is 28.2 Å². The number of nitrogens with zero attached hydrogens (tertiary/aromatic N) is 3. The molecule has 5 rings (SSSR count). The molecule has 0 unspecified atom stereocenters. The molecule has 0 aliphatic carbocycles. The van der Waals surface area contributed by atoms with Crippen LogP contribution in [0.1, 0.15) is 35.1 Å². The van der Waals surface area contributed by atoms with Gasteiger partial charge >= 0.3 is 0 Å². The van der Waals surface area contributed by atoms with Gasteiger partial charge in [-0.25, -0.2) is 4.90 Å². The zero-order chi connectivity index (χ0) is 24.5. The first-order chi connectivity index (χ1) is 17.0. The molecule has 0 saturated carbocycles. The smallest absolute Gasteiger partial charge is 0.282 e. The van der Waals surface area contributed by atoms with Crippen LogP contribution in [-0.2, 0) is 9.59 Å². The quantitative estimate of drug-likeness (QED) is 0.529. The molecule has 6 heteroatoms. The molecule has 2 amide bonds. The maximum atomic E-state index is 13.7. The number of hydrogen-bond donors (Lipinski definition) is 1. The molecule has 3 aromatic carbocycles. The number of carbonyl (C=O) groups is 2. The fourth-order valence-corrected chi connectivity index (χ4v) is 4.78. The molecule has 2 aliphatic rings. The van der Waals surface area contributed by atoms with Crippen LogP contribution in [0.4, 0.5) is 17.1 Å². The molecule has 1 fully saturated rings. The van der Waals surface area contributed by atoms with Crippen molar-refractivity contribution >= 4 is 34.4 Å². The molecule has 2 heterocycles. The Bertz CT molecular complexity index is 1380. The molecular formula is C29H26N4O2. The minimum atomic E-state index is -0.418. The van der Waals surface area contributed by atoms with Crippen molar-refractivity contribution in [3.8, 4) is 6.07 Å². The van der Waals surface area contributed by atoms with Crippen molar-refractivity contribution in [3.63, 3.8) is 0 Å². The fraction of sp³-hybridized carbons (Fsp3) is 0.207. The van der Waals surface area contributed by atoms with Crippen LogP contribution in [0.15, 0.2) is 72.4 Å². The molecule has 0 aromatic heterocycles. The third-order valence-electron chi connectivity index (χ3n) is 6.60. The topological polar surface area (TPSA) is 76.4 Å². The number of anilines is 3. The van der Waals surface area contributed by atoms with E-state index in [2.05, 4.69) is 16.3 Å². The molecule has 35 heavy (non-hydrogen) atoms. The van der Waals surface area contributed by atoms with Crippen LogP contribution >= 0.6 is 0 Å². The summed E-state index contributed by atoms with van der Waals surface area (Å²) >= 11 is 0. The highest BCUT2D eigenvalue weighted by Gasteiger charge is 2.40. The molecule has 0 atom stereocenters. The second kappa shape index (κ2) is 9.11. The summed E-state index contributed by atoms with van der Waals surface area (Å²) in [7, 11) is 0. The first-order valence-electron chi connectivity index (χ1n) is 11.8. The Kier molecular flexibility index (Phi) is 5.84. The van der Waals surface area contributed by atoms with E-state index in [9.17, 15) is 9.59 Å². The summed E-state index contributed by atoms with van der Waals surface area (Å²) in [6, 6.07) is 22.4. The normalized spacial score (nSPS) is 15.7. The summed E-state index contributed by atoms with van der Waals surface area (Å²) in [5, 5.41) is 12.4. The average Bonchev–Trinajstić information content (AvgIpc) is 3.48. The van der Waals surface area contributed by atoms with E-state index in [4.69, 9.17) is 5.26 Å². The molecule has 3 aromatic rings. The number of carbonyl (C=O) groups excluding carboxylic acids is 2. The summed E-state index contributed by atoms with van der Waals surface area (Å²) in [5.41, 5.74) is 6.13. The highest BCUT2D eigenvalue weighted by molar-refractivity contribution is 6.46. The van der Waals surface area contributed by atoms with Crippen molar-refractivity contribution < 1.29 is 9.59 Å². The molecule has 0 radical (unpaired) electrons. The lowest BCUT2D eigenvalue weighted by atomic mass is 9.97. The number of aryl methyl sites for hydroxylation is 2. The van der Waals surface area contributed by atoms with Crippen LogP contribution in [0.5, 0.6) is 0 Å². The first-order valence-corrected chi connectivity index (χ1v) is 11.8. The summed E-state index contributed by atoms with van der Waals surface area (Å²) in [5.74, 6) is -0.804. The molecule has 0 spiro atoms. The van der Waals surface area contributed by atoms with Crippen molar-refractivity contribution in [1.29, 1.82) is 5.26 Å². The highest BCUT2D eigenvalue weighted by atomic mass is 16.2. The molecule has 2 aliphatic heterocycles. The molecule has 0 bridgehead atoms. The van der Waals surface area contributed by atoms with Crippen LogP contribution in [0.25, 0.3) is 5.57 Å². The predicted octanol–water partition coefficient (Wildman–Crippen LogP) is 5.17. The highest BCUT2D eigenvalue weighted by Crippen LogP contribution is 2.35. The fourth-order valence-electron chi connectivity index (χ4n) is 4.78. The van der Waals surface area contributed by atoms with Gasteiger partial charge < -0.3 is 10.2 Å². The van der Waals surface area contributed by atoms with E-state index in [0.717, 1.165) is 41.2 Å². The Morgan fingerprint density at radius 3 is 2.11 bits per heavy atom. The lowest BCUT2D eigenvalue weighted by Gasteiger charge is -2.18. The number of benzene rings is 3. The van der Waals surface area contributed by atoms with Gasteiger partial charge in [0.05, 0.1) is 22.9 Å². The lowest BCUT2D eigenvalue weighted by molar-refractivity contribution is -0.120. The van der Waals surface area contributed by atoms with Gasteiger partial charge in [0.2, 0.25) is 0 Å². The third kappa shape index (κ3) is 4.17. The van der Waals surface area contributed by atoms with E-state index in [0.29, 0.717) is 16.8 Å². The number of imide groups is 1. The largest absolute Gasteiger partial charge is 0.372 e. The number of nitrogens with one attached hydrogen (secondary N) is 1. The van der Waals surface area contributed by atoms with Crippen molar-refractivity contribution in [3.05, 3.63) is 94.7 Å². The standard InChI is InChI=1S/C29H26N4O2/c1-19-5-14-25(20(2)17-19)26-27(31-22-8-12-23(13-9-22)32-15-3-4-16-32)29(35)33(28(26)34)24-10-6-21(18-30)7-11-24/h5-14,17,31H,3-4,15-16H2,1-2H3. The Hall–Kier alpha value is -4.37. The number of rotatable bonds is 5. The summed E-state index contributed by atoms with van der Waals surface area (Å²) in [6.45, 7) is 6.06. The van der Waals surface area contributed by atoms with Crippen LogP contribution in [0.2, 0.25) is 0 Å². The molecular weight excluding hydrogens is 436 g/mol. The van der Waals surface area contributed by atoms with Gasteiger partial charge in [-0.2, -0.15) is 5.26 Å². The minimum Gasteiger partial charge on any atom is -0.372 e. The molecule has 1 N–H and O–H groups in total. The molecule has 6 nitrogen and oxygen atoms in total. The van der Waals surface area contributed by atoms with Crippen molar-refractivity contribution in [2.45, 2.75) is 26.7 Å². The van der Waals surface area contributed by atoms with Gasteiger partial charge in [0.1, 0.15) is 5.70 Å². The van der Waals surface area contributed by atoms with Gasteiger partial charge in [-0.05, 0) is 86.3 Å². The van der Waals surface area contributed by atoms with Crippen molar-refractivity contribution in [1.82, 2.24) is 0 Å². The SMILES string of the molecule is Cc1ccc(C2=C(Nc3ccc(N4CCCC4)cc3)C(=O)N(c3ccc(C#N)cc3)C2=O)c(C)c1. The molecule has 174 valence electrons. The minimum absolute atomic E-state index is 0.250. The van der Waals surface area contributed by atoms with Gasteiger partial charge in [-0.1, -0.05) is 23.8 Å². The van der Waals surface area contributed by atoms with E-state index in [1.165, 1.54) is 17.7 Å². The monoisotopic (exact) mass is 462 g/mol. The Labute approximate surface area is 205 Å². The second-order valence-electron chi connectivity index (χ2n) is 9.04. The molecule has 1 saturated heterocycles. The van der Waals surface area contributed by atoms with Gasteiger partial charge in [0.15, 0.2) is 0 Å². The van der Waals surface area contributed by atoms with Crippen LogP contribution in [-0.4, -0.2) is 24.9 Å². The lowest BCUT2D eigenvalue weighted by Crippen LogP contribution is -2.32. The van der Waals surface area contributed by atoms with E-state index in [1.54, 1.807) is 24.3 Å². The number of nitriles is 1. The van der Waals surface area contributed by atoms with E-state index >= 15 is 0 Å². The maximum absolute atomic E-state index is 13.7. The Morgan fingerprint density at radius 2 is 1.49 bits per heavy atom. The van der Waals surface area contributed by atoms with Gasteiger partial charge in [-0.3, -0.25) is 9.59 Å². The van der Waals surface area contributed by atoms with Crippen LogP contribution in [0, 0.1) is 25.2 Å². The second-order valence-corrected chi connectivity index (χ2v) is 9.04. The van der Waals surface area contributed by atoms with Crippen LogP contribution < -0.4 is 15.1 Å². The van der Waals surface area contributed by atoms with Gasteiger partial charge in [0.25, 0.3) is 11.8 Å². The summed E-state index contributed by atoms with van der Waals surface area (Å²) < 4.78 is 0. The first kappa shape index (κ1) is 22.4. The zero-order valence-electron chi connectivity index (χ0n) is 19.8. The number of hydrogen-bond acceptors (Lipinski definition) is 5. The van der Waals surface area contributed by atoms with Gasteiger partial charge in [0, 0.05) is 24.5 Å².